The summed E-state index contributed by atoms with van der Waals surface area (Å²) in [6.07, 6.45) is 1.98. The van der Waals surface area contributed by atoms with Gasteiger partial charge in [-0.1, -0.05) is 19.9 Å². The predicted molar refractivity (Wildman–Crippen MR) is 63.7 cm³/mol. The number of nitrogens with one attached hydrogen (secondary N) is 1. The van der Waals surface area contributed by atoms with E-state index >= 15 is 0 Å². The molecule has 0 spiro atoms. The molecule has 1 rings (SSSR count). The van der Waals surface area contributed by atoms with Gasteiger partial charge in [0, 0.05) is 6.54 Å². The summed E-state index contributed by atoms with van der Waals surface area (Å²) in [6, 6.07) is 2.74. The van der Waals surface area contributed by atoms with Crippen LogP contribution in [-0.4, -0.2) is 6.54 Å². The Balaban J connectivity index is 2.56. The number of anilines is 1. The van der Waals surface area contributed by atoms with Crippen LogP contribution in [0.4, 0.5) is 14.5 Å². The van der Waals surface area contributed by atoms with Gasteiger partial charge in [0.15, 0.2) is 5.82 Å². The van der Waals surface area contributed by atoms with Crippen LogP contribution in [-0.2, 0) is 0 Å². The highest BCUT2D eigenvalue weighted by Gasteiger charge is 2.10. The van der Waals surface area contributed by atoms with E-state index in [1.54, 1.807) is 6.92 Å². The van der Waals surface area contributed by atoms with Gasteiger partial charge >= 0.3 is 0 Å². The molecule has 3 heteroatoms. The third-order valence-corrected chi connectivity index (χ3v) is 2.54. The van der Waals surface area contributed by atoms with E-state index < -0.39 is 11.6 Å². The molecule has 1 N–H and O–H groups in total. The molecule has 0 saturated heterocycles. The van der Waals surface area contributed by atoms with Gasteiger partial charge in [0.05, 0.1) is 0 Å². The molecule has 16 heavy (non-hydrogen) atoms. The molecule has 0 radical (unpaired) electrons. The summed E-state index contributed by atoms with van der Waals surface area (Å²) in [4.78, 5) is 0. The summed E-state index contributed by atoms with van der Waals surface area (Å²) in [6.45, 7) is 6.51. The molecular formula is C13H19F2N. The van der Waals surface area contributed by atoms with Gasteiger partial charge in [0.1, 0.15) is 11.5 Å². The molecule has 0 bridgehead atoms. The lowest BCUT2D eigenvalue weighted by Crippen LogP contribution is -2.07. The van der Waals surface area contributed by atoms with Crippen LogP contribution >= 0.6 is 0 Å². The molecule has 0 heterocycles. The monoisotopic (exact) mass is 227 g/mol. The molecule has 0 aromatic heterocycles. The van der Waals surface area contributed by atoms with Gasteiger partial charge in [-0.05, 0) is 37.3 Å². The number of hydrogen-bond donors (Lipinski definition) is 1. The third-order valence-electron chi connectivity index (χ3n) is 2.54. The molecule has 0 atom stereocenters. The van der Waals surface area contributed by atoms with E-state index in [1.165, 1.54) is 12.1 Å². The average Bonchev–Trinajstić information content (AvgIpc) is 2.22. The van der Waals surface area contributed by atoms with Crippen molar-refractivity contribution in [2.24, 2.45) is 5.92 Å². The Morgan fingerprint density at radius 3 is 2.56 bits per heavy atom. The van der Waals surface area contributed by atoms with E-state index in [4.69, 9.17) is 0 Å². The molecule has 1 nitrogen and oxygen atoms in total. The average molecular weight is 227 g/mol. The maximum atomic E-state index is 13.5. The fourth-order valence-corrected chi connectivity index (χ4v) is 1.54. The van der Waals surface area contributed by atoms with Crippen molar-refractivity contribution >= 4 is 5.69 Å². The van der Waals surface area contributed by atoms with E-state index in [0.29, 0.717) is 18.0 Å². The minimum atomic E-state index is -0.521. The highest BCUT2D eigenvalue weighted by atomic mass is 19.1. The van der Waals surface area contributed by atoms with E-state index in [1.807, 2.05) is 0 Å². The predicted octanol–water partition coefficient (Wildman–Crippen LogP) is 4.12. The second-order valence-corrected chi connectivity index (χ2v) is 4.52. The van der Waals surface area contributed by atoms with Gasteiger partial charge in [0.2, 0.25) is 0 Å². The number of aryl methyl sites for hydroxylation is 1. The molecule has 0 aliphatic heterocycles. The SMILES string of the molecule is Cc1ccc(F)c(NCCCC(C)C)c1F. The second kappa shape index (κ2) is 5.83. The van der Waals surface area contributed by atoms with Crippen molar-refractivity contribution in [3.05, 3.63) is 29.3 Å². The Morgan fingerprint density at radius 1 is 1.25 bits per heavy atom. The maximum absolute atomic E-state index is 13.5. The Kier molecular flexibility index (Phi) is 4.71. The van der Waals surface area contributed by atoms with E-state index in [2.05, 4.69) is 19.2 Å². The van der Waals surface area contributed by atoms with Gasteiger partial charge in [0.25, 0.3) is 0 Å². The molecule has 0 aliphatic rings. The van der Waals surface area contributed by atoms with Gasteiger partial charge in [-0.25, -0.2) is 8.78 Å². The Bertz CT molecular complexity index is 348. The molecule has 0 amide bonds. The number of benzene rings is 1. The fourth-order valence-electron chi connectivity index (χ4n) is 1.54. The Morgan fingerprint density at radius 2 is 1.94 bits per heavy atom. The summed E-state index contributed by atoms with van der Waals surface area (Å²) in [5.74, 6) is -0.383. The van der Waals surface area contributed by atoms with Gasteiger partial charge in [-0.2, -0.15) is 0 Å². The van der Waals surface area contributed by atoms with Crippen molar-refractivity contribution in [3.63, 3.8) is 0 Å². The lowest BCUT2D eigenvalue weighted by atomic mass is 10.1. The lowest BCUT2D eigenvalue weighted by molar-refractivity contribution is 0.559. The summed E-state index contributed by atoms with van der Waals surface area (Å²) in [5.41, 5.74) is 0.469. The van der Waals surface area contributed by atoms with Crippen LogP contribution in [0.3, 0.4) is 0 Å². The molecule has 0 saturated carbocycles. The molecule has 1 aromatic carbocycles. The van der Waals surface area contributed by atoms with Crippen LogP contribution in [0.2, 0.25) is 0 Å². The quantitative estimate of drug-likeness (QED) is 0.746. The summed E-state index contributed by atoms with van der Waals surface area (Å²) in [5, 5.41) is 2.83. The summed E-state index contributed by atoms with van der Waals surface area (Å²) >= 11 is 0. The highest BCUT2D eigenvalue weighted by molar-refractivity contribution is 5.48. The first-order valence-electron chi connectivity index (χ1n) is 5.71. The van der Waals surface area contributed by atoms with Gasteiger partial charge < -0.3 is 5.32 Å². The second-order valence-electron chi connectivity index (χ2n) is 4.52. The Labute approximate surface area is 95.9 Å². The molecule has 1 aromatic rings. The number of rotatable bonds is 5. The minimum Gasteiger partial charge on any atom is -0.380 e. The van der Waals surface area contributed by atoms with Crippen molar-refractivity contribution in [2.45, 2.75) is 33.6 Å². The first-order chi connectivity index (χ1) is 7.52. The van der Waals surface area contributed by atoms with E-state index in [9.17, 15) is 8.78 Å². The first kappa shape index (κ1) is 12.9. The molecule has 0 unspecified atom stereocenters. The Hall–Kier alpha value is -1.12. The van der Waals surface area contributed by atoms with E-state index in [0.717, 1.165) is 12.8 Å². The third kappa shape index (κ3) is 3.47. The van der Waals surface area contributed by atoms with E-state index in [-0.39, 0.29) is 5.69 Å². The van der Waals surface area contributed by atoms with Crippen LogP contribution in [0.5, 0.6) is 0 Å². The zero-order valence-corrected chi connectivity index (χ0v) is 10.1. The molecular weight excluding hydrogens is 208 g/mol. The van der Waals surface area contributed by atoms with Crippen molar-refractivity contribution in [3.8, 4) is 0 Å². The van der Waals surface area contributed by atoms with Crippen molar-refractivity contribution in [2.75, 3.05) is 11.9 Å². The fraction of sp³-hybridized carbons (Fsp3) is 0.538. The molecule has 90 valence electrons. The normalized spacial score (nSPS) is 10.9. The summed E-state index contributed by atoms with van der Waals surface area (Å²) in [7, 11) is 0. The van der Waals surface area contributed by atoms with Crippen LogP contribution in [0.25, 0.3) is 0 Å². The summed E-state index contributed by atoms with van der Waals surface area (Å²) < 4.78 is 26.9. The van der Waals surface area contributed by atoms with Crippen LogP contribution in [0.1, 0.15) is 32.3 Å². The minimum absolute atomic E-state index is 0.00348. The van der Waals surface area contributed by atoms with Crippen molar-refractivity contribution < 1.29 is 8.78 Å². The molecule has 0 fully saturated rings. The van der Waals surface area contributed by atoms with Crippen LogP contribution in [0, 0.1) is 24.5 Å². The number of hydrogen-bond acceptors (Lipinski definition) is 1. The van der Waals surface area contributed by atoms with Crippen molar-refractivity contribution in [1.29, 1.82) is 0 Å². The smallest absolute Gasteiger partial charge is 0.152 e. The maximum Gasteiger partial charge on any atom is 0.152 e. The zero-order valence-electron chi connectivity index (χ0n) is 10.1. The lowest BCUT2D eigenvalue weighted by Gasteiger charge is -2.11. The highest BCUT2D eigenvalue weighted by Crippen LogP contribution is 2.21. The van der Waals surface area contributed by atoms with Crippen LogP contribution in [0.15, 0.2) is 12.1 Å². The largest absolute Gasteiger partial charge is 0.380 e. The van der Waals surface area contributed by atoms with Gasteiger partial charge in [-0.15, -0.1) is 0 Å². The zero-order chi connectivity index (χ0) is 12.1. The topological polar surface area (TPSA) is 12.0 Å². The number of halogens is 2. The standard InChI is InChI=1S/C13H19F2N/c1-9(2)5-4-8-16-13-11(14)7-6-10(3)12(13)15/h6-7,9,16H,4-5,8H2,1-3H3. The first-order valence-corrected chi connectivity index (χ1v) is 5.71. The van der Waals surface area contributed by atoms with Gasteiger partial charge in [-0.3, -0.25) is 0 Å². The molecule has 0 aliphatic carbocycles. The van der Waals surface area contributed by atoms with Crippen LogP contribution < -0.4 is 5.32 Å². The van der Waals surface area contributed by atoms with Crippen molar-refractivity contribution in [1.82, 2.24) is 0 Å².